The summed E-state index contributed by atoms with van der Waals surface area (Å²) in [4.78, 5) is 27.2. The molecule has 306 valence electrons. The smallest absolute Gasteiger partial charge is 0.306 e. The lowest BCUT2D eigenvalue weighted by Gasteiger charge is -2.22. The fraction of sp³-hybridized carbons (Fsp3) is 0.913. The van der Waals surface area contributed by atoms with Crippen molar-refractivity contribution in [3.8, 4) is 11.8 Å². The fourth-order valence-corrected chi connectivity index (χ4v) is 6.86. The van der Waals surface area contributed by atoms with Crippen molar-refractivity contribution >= 4 is 11.9 Å². The highest BCUT2D eigenvalue weighted by molar-refractivity contribution is 5.69. The molecule has 0 aromatic heterocycles. The summed E-state index contributed by atoms with van der Waals surface area (Å²) >= 11 is 0. The number of aliphatic hydroxyl groups excluding tert-OH is 1. The van der Waals surface area contributed by atoms with Gasteiger partial charge < -0.3 is 19.5 Å². The highest BCUT2D eigenvalue weighted by atomic mass is 16.5. The zero-order valence-corrected chi connectivity index (χ0v) is 35.0. The van der Waals surface area contributed by atoms with E-state index in [-0.39, 0.29) is 31.3 Å². The molecule has 0 spiro atoms. The second-order valence-electron chi connectivity index (χ2n) is 15.4. The molecule has 0 aliphatic heterocycles. The number of carbonyl (C=O) groups is 2. The Morgan fingerprint density at radius 2 is 0.923 bits per heavy atom. The van der Waals surface area contributed by atoms with Gasteiger partial charge in [-0.1, -0.05) is 161 Å². The lowest BCUT2D eigenvalue weighted by Crippen LogP contribution is -2.27. The van der Waals surface area contributed by atoms with Crippen LogP contribution in [-0.2, 0) is 19.1 Å². The predicted octanol–water partition coefficient (Wildman–Crippen LogP) is 12.7. The molecular weight excluding hydrogens is 647 g/mol. The quantitative estimate of drug-likeness (QED) is 0.0384. The third-order valence-corrected chi connectivity index (χ3v) is 10.2. The number of nitrogens with zero attached hydrogens (tertiary/aromatic N) is 1. The standard InChI is InChI=1S/C46H87NO5/c1-4-7-10-13-16-17-26-33-43-51-45(49)37-29-22-18-24-31-39-47(41-34-42-48)40-32-25-19-23-30-38-46(50)52-44(35-27-20-14-11-8-5-2)36-28-21-15-12-9-6-3/h44,48H,4-25,27-32,34-43H2,1-3H3. The Bertz CT molecular complexity index is 805. The molecular formula is C46H87NO5. The van der Waals surface area contributed by atoms with E-state index >= 15 is 0 Å². The molecule has 0 heterocycles. The van der Waals surface area contributed by atoms with Gasteiger partial charge in [0.15, 0.2) is 6.61 Å². The van der Waals surface area contributed by atoms with Crippen molar-refractivity contribution in [1.29, 1.82) is 0 Å². The van der Waals surface area contributed by atoms with Gasteiger partial charge in [-0.3, -0.25) is 9.59 Å². The second-order valence-corrected chi connectivity index (χ2v) is 15.4. The van der Waals surface area contributed by atoms with E-state index in [4.69, 9.17) is 9.47 Å². The first-order valence-corrected chi connectivity index (χ1v) is 22.7. The average Bonchev–Trinajstić information content (AvgIpc) is 3.14. The van der Waals surface area contributed by atoms with Crippen molar-refractivity contribution < 1.29 is 24.2 Å². The minimum absolute atomic E-state index is 0.0148. The first kappa shape index (κ1) is 50.4. The van der Waals surface area contributed by atoms with Gasteiger partial charge in [0.1, 0.15) is 6.10 Å². The maximum Gasteiger partial charge on any atom is 0.306 e. The molecule has 0 unspecified atom stereocenters. The van der Waals surface area contributed by atoms with Crippen molar-refractivity contribution in [2.75, 3.05) is 32.8 Å². The zero-order chi connectivity index (χ0) is 38.0. The Hall–Kier alpha value is -1.58. The van der Waals surface area contributed by atoms with Crippen LogP contribution in [0.5, 0.6) is 0 Å². The average molecular weight is 734 g/mol. The van der Waals surface area contributed by atoms with Gasteiger partial charge in [0.25, 0.3) is 0 Å². The molecule has 0 amide bonds. The Balaban J connectivity index is 4.05. The van der Waals surface area contributed by atoms with Crippen LogP contribution in [0.2, 0.25) is 0 Å². The third kappa shape index (κ3) is 38.2. The van der Waals surface area contributed by atoms with E-state index in [1.54, 1.807) is 0 Å². The number of unbranched alkanes of at least 4 members (excludes halogenated alkanes) is 23. The summed E-state index contributed by atoms with van der Waals surface area (Å²) in [5.41, 5.74) is 0. The third-order valence-electron chi connectivity index (χ3n) is 10.2. The molecule has 0 aromatic carbocycles. The van der Waals surface area contributed by atoms with Crippen molar-refractivity contribution in [3.05, 3.63) is 0 Å². The predicted molar refractivity (Wildman–Crippen MR) is 222 cm³/mol. The van der Waals surface area contributed by atoms with Crippen LogP contribution in [0.1, 0.15) is 233 Å². The molecule has 0 aliphatic carbocycles. The summed E-state index contributed by atoms with van der Waals surface area (Å²) in [5, 5.41) is 9.38. The molecule has 0 saturated heterocycles. The summed E-state index contributed by atoms with van der Waals surface area (Å²) in [7, 11) is 0. The van der Waals surface area contributed by atoms with E-state index < -0.39 is 0 Å². The van der Waals surface area contributed by atoms with E-state index in [1.165, 1.54) is 122 Å². The van der Waals surface area contributed by atoms with Crippen LogP contribution in [0.4, 0.5) is 0 Å². The number of rotatable bonds is 40. The van der Waals surface area contributed by atoms with Crippen LogP contribution in [0.15, 0.2) is 0 Å². The van der Waals surface area contributed by atoms with Crippen LogP contribution in [-0.4, -0.2) is 60.9 Å². The van der Waals surface area contributed by atoms with Gasteiger partial charge in [0.05, 0.1) is 0 Å². The van der Waals surface area contributed by atoms with Crippen LogP contribution < -0.4 is 0 Å². The van der Waals surface area contributed by atoms with Gasteiger partial charge in [0, 0.05) is 32.4 Å². The van der Waals surface area contributed by atoms with Crippen LogP contribution >= 0.6 is 0 Å². The van der Waals surface area contributed by atoms with Gasteiger partial charge >= 0.3 is 11.9 Å². The summed E-state index contributed by atoms with van der Waals surface area (Å²) < 4.78 is 11.3. The molecule has 6 nitrogen and oxygen atoms in total. The van der Waals surface area contributed by atoms with Gasteiger partial charge in [-0.05, 0) is 77.3 Å². The zero-order valence-electron chi connectivity index (χ0n) is 35.0. The Morgan fingerprint density at radius 1 is 0.500 bits per heavy atom. The summed E-state index contributed by atoms with van der Waals surface area (Å²) in [6.45, 7) is 10.3. The monoisotopic (exact) mass is 734 g/mol. The Labute approximate surface area is 323 Å². The van der Waals surface area contributed by atoms with E-state index in [9.17, 15) is 14.7 Å². The normalized spacial score (nSPS) is 11.3. The molecule has 0 aromatic rings. The van der Waals surface area contributed by atoms with Gasteiger partial charge in [-0.15, -0.1) is 0 Å². The largest absolute Gasteiger partial charge is 0.462 e. The number of ether oxygens (including phenoxy) is 2. The number of hydrogen-bond acceptors (Lipinski definition) is 6. The molecule has 0 rings (SSSR count). The first-order valence-electron chi connectivity index (χ1n) is 22.7. The van der Waals surface area contributed by atoms with E-state index in [1.807, 2.05) is 0 Å². The minimum atomic E-state index is -0.126. The van der Waals surface area contributed by atoms with Crippen molar-refractivity contribution in [3.63, 3.8) is 0 Å². The molecule has 0 bridgehead atoms. The Kier molecular flexibility index (Phi) is 40.9. The summed E-state index contributed by atoms with van der Waals surface area (Å²) in [5.74, 6) is 5.99. The highest BCUT2D eigenvalue weighted by Crippen LogP contribution is 2.18. The lowest BCUT2D eigenvalue weighted by molar-refractivity contribution is -0.150. The van der Waals surface area contributed by atoms with E-state index in [2.05, 4.69) is 37.5 Å². The maximum atomic E-state index is 12.7. The van der Waals surface area contributed by atoms with Crippen LogP contribution in [0.25, 0.3) is 0 Å². The van der Waals surface area contributed by atoms with Crippen molar-refractivity contribution in [2.45, 2.75) is 239 Å². The molecule has 0 atom stereocenters. The van der Waals surface area contributed by atoms with Gasteiger partial charge in [-0.2, -0.15) is 0 Å². The molecule has 1 N–H and O–H groups in total. The number of aliphatic hydroxyl groups is 1. The maximum absolute atomic E-state index is 12.7. The number of carbonyl (C=O) groups excluding carboxylic acids is 2. The first-order chi connectivity index (χ1) is 25.6. The molecule has 0 aliphatic rings. The molecule has 52 heavy (non-hydrogen) atoms. The second kappa shape index (κ2) is 42.2. The van der Waals surface area contributed by atoms with E-state index in [0.29, 0.717) is 12.8 Å². The SMILES string of the molecule is CCCCCCCC#CCOC(=O)CCCCCCCN(CCCO)CCCCCCCC(=O)OC(CCCCCCCC)CCCCCCCC. The van der Waals surface area contributed by atoms with Gasteiger partial charge in [-0.25, -0.2) is 0 Å². The molecule has 6 heteroatoms. The number of esters is 2. The summed E-state index contributed by atoms with van der Waals surface area (Å²) in [6, 6.07) is 0. The van der Waals surface area contributed by atoms with Crippen LogP contribution in [0, 0.1) is 11.8 Å². The fourth-order valence-electron chi connectivity index (χ4n) is 6.86. The van der Waals surface area contributed by atoms with Crippen LogP contribution in [0.3, 0.4) is 0 Å². The number of hydrogen-bond donors (Lipinski definition) is 1. The lowest BCUT2D eigenvalue weighted by atomic mass is 10.0. The van der Waals surface area contributed by atoms with Crippen molar-refractivity contribution in [2.24, 2.45) is 0 Å². The van der Waals surface area contributed by atoms with E-state index in [0.717, 1.165) is 96.7 Å². The van der Waals surface area contributed by atoms with Gasteiger partial charge in [0.2, 0.25) is 0 Å². The highest BCUT2D eigenvalue weighted by Gasteiger charge is 2.14. The summed E-state index contributed by atoms with van der Waals surface area (Å²) in [6.07, 6.45) is 37.5. The molecule has 0 fully saturated rings. The molecule has 0 saturated carbocycles. The minimum Gasteiger partial charge on any atom is -0.462 e. The Morgan fingerprint density at radius 3 is 1.44 bits per heavy atom. The molecule has 0 radical (unpaired) electrons. The topological polar surface area (TPSA) is 76.1 Å². The van der Waals surface area contributed by atoms with Crippen molar-refractivity contribution in [1.82, 2.24) is 4.90 Å².